The molecule has 0 heterocycles. The number of halogens is 1. The van der Waals surface area contributed by atoms with Crippen LogP contribution in [0.3, 0.4) is 0 Å². The molecule has 0 aliphatic carbocycles. The molecule has 0 aromatic heterocycles. The van der Waals surface area contributed by atoms with Gasteiger partial charge in [0.15, 0.2) is 9.84 Å². The quantitative estimate of drug-likeness (QED) is 0.866. The molecule has 1 unspecified atom stereocenters. The summed E-state index contributed by atoms with van der Waals surface area (Å²) >= 11 is 5.94. The topological polar surface area (TPSA) is 46.2 Å². The number of hydrogen-bond donors (Lipinski definition) is 1. The fourth-order valence-corrected chi connectivity index (χ4v) is 3.29. The van der Waals surface area contributed by atoms with Gasteiger partial charge in [0.2, 0.25) is 0 Å². The van der Waals surface area contributed by atoms with Crippen molar-refractivity contribution in [2.75, 3.05) is 12.8 Å². The molecule has 0 amide bonds. The third-order valence-corrected chi connectivity index (χ3v) is 4.67. The van der Waals surface area contributed by atoms with Gasteiger partial charge >= 0.3 is 0 Å². The molecule has 17 heavy (non-hydrogen) atoms. The first kappa shape index (κ1) is 14.5. The predicted molar refractivity (Wildman–Crippen MR) is 72.1 cm³/mol. The number of rotatable bonds is 6. The van der Waals surface area contributed by atoms with Crippen molar-refractivity contribution >= 4 is 21.4 Å². The summed E-state index contributed by atoms with van der Waals surface area (Å²) in [4.78, 5) is 0. The molecule has 1 aromatic carbocycles. The van der Waals surface area contributed by atoms with Crippen LogP contribution in [0.15, 0.2) is 24.3 Å². The molecule has 0 aliphatic rings. The van der Waals surface area contributed by atoms with E-state index >= 15 is 0 Å². The van der Waals surface area contributed by atoms with Gasteiger partial charge in [-0.15, -0.1) is 0 Å². The highest BCUT2D eigenvalue weighted by Gasteiger charge is 2.15. The van der Waals surface area contributed by atoms with Crippen LogP contribution in [-0.4, -0.2) is 27.3 Å². The number of nitrogens with one attached hydrogen (secondary N) is 1. The van der Waals surface area contributed by atoms with Crippen molar-refractivity contribution in [2.45, 2.75) is 25.1 Å². The van der Waals surface area contributed by atoms with Crippen LogP contribution in [-0.2, 0) is 15.6 Å². The van der Waals surface area contributed by atoms with Crippen molar-refractivity contribution in [2.24, 2.45) is 0 Å². The lowest BCUT2D eigenvalue weighted by Gasteiger charge is -2.10. The summed E-state index contributed by atoms with van der Waals surface area (Å²) in [6.45, 7) is 1.96. The molecule has 5 heteroatoms. The largest absolute Gasteiger partial charge is 0.317 e. The molecule has 1 atom stereocenters. The average Bonchev–Trinajstić information content (AvgIpc) is 2.29. The summed E-state index contributed by atoms with van der Waals surface area (Å²) in [5.41, 5.74) is 0.672. The lowest BCUT2D eigenvalue weighted by molar-refractivity contribution is 0.565. The van der Waals surface area contributed by atoms with Crippen molar-refractivity contribution in [3.63, 3.8) is 0 Å². The molecule has 1 rings (SSSR count). The molecule has 0 fully saturated rings. The first-order chi connectivity index (χ1) is 7.94. The van der Waals surface area contributed by atoms with Crippen LogP contribution >= 0.6 is 11.6 Å². The van der Waals surface area contributed by atoms with Gasteiger partial charge in [0.25, 0.3) is 0 Å². The Kier molecular flexibility index (Phi) is 5.43. The Morgan fingerprint density at radius 1 is 1.35 bits per heavy atom. The molecule has 1 aromatic rings. The zero-order valence-corrected chi connectivity index (χ0v) is 11.7. The lowest BCUT2D eigenvalue weighted by Crippen LogP contribution is -2.24. The maximum Gasteiger partial charge on any atom is 0.154 e. The summed E-state index contributed by atoms with van der Waals surface area (Å²) in [7, 11) is -1.26. The number of benzene rings is 1. The van der Waals surface area contributed by atoms with Gasteiger partial charge in [0.05, 0.1) is 11.5 Å². The van der Waals surface area contributed by atoms with Gasteiger partial charge in [0, 0.05) is 11.1 Å². The highest BCUT2D eigenvalue weighted by atomic mass is 35.5. The highest BCUT2D eigenvalue weighted by molar-refractivity contribution is 7.90. The van der Waals surface area contributed by atoms with Gasteiger partial charge < -0.3 is 5.32 Å². The second-order valence-corrected chi connectivity index (χ2v) is 6.75. The number of sulfone groups is 1. The van der Waals surface area contributed by atoms with E-state index in [4.69, 9.17) is 11.6 Å². The SMILES string of the molecule is CNC(C)CCS(=O)(=O)Cc1ccccc1Cl. The molecule has 0 saturated carbocycles. The third kappa shape index (κ3) is 5.06. The van der Waals surface area contributed by atoms with E-state index in [2.05, 4.69) is 5.32 Å². The first-order valence-electron chi connectivity index (χ1n) is 5.55. The van der Waals surface area contributed by atoms with E-state index in [-0.39, 0.29) is 17.5 Å². The molecule has 0 radical (unpaired) electrons. The smallest absolute Gasteiger partial charge is 0.154 e. The summed E-state index contributed by atoms with van der Waals surface area (Å²) in [5, 5.41) is 3.53. The summed E-state index contributed by atoms with van der Waals surface area (Å²) < 4.78 is 23.8. The average molecular weight is 276 g/mol. The minimum atomic E-state index is -3.09. The van der Waals surface area contributed by atoms with Crippen molar-refractivity contribution < 1.29 is 8.42 Å². The Bertz CT molecular complexity index is 459. The Morgan fingerprint density at radius 2 is 2.00 bits per heavy atom. The molecule has 1 N–H and O–H groups in total. The van der Waals surface area contributed by atoms with E-state index in [9.17, 15) is 8.42 Å². The van der Waals surface area contributed by atoms with E-state index in [1.807, 2.05) is 14.0 Å². The van der Waals surface area contributed by atoms with E-state index in [1.165, 1.54) is 0 Å². The van der Waals surface area contributed by atoms with E-state index in [1.54, 1.807) is 24.3 Å². The second kappa shape index (κ2) is 6.38. The van der Waals surface area contributed by atoms with Gasteiger partial charge in [-0.25, -0.2) is 8.42 Å². The Balaban J connectivity index is 2.64. The van der Waals surface area contributed by atoms with E-state index < -0.39 is 9.84 Å². The van der Waals surface area contributed by atoms with Crippen LogP contribution in [0.5, 0.6) is 0 Å². The maximum absolute atomic E-state index is 11.9. The van der Waals surface area contributed by atoms with Crippen LogP contribution in [0.4, 0.5) is 0 Å². The molecular weight excluding hydrogens is 258 g/mol. The third-order valence-electron chi connectivity index (χ3n) is 2.69. The zero-order valence-electron chi connectivity index (χ0n) is 10.1. The summed E-state index contributed by atoms with van der Waals surface area (Å²) in [6.07, 6.45) is 0.614. The maximum atomic E-state index is 11.9. The molecule has 96 valence electrons. The first-order valence-corrected chi connectivity index (χ1v) is 7.75. The molecule has 0 spiro atoms. The molecule has 0 saturated heterocycles. The Hall–Kier alpha value is -0.580. The monoisotopic (exact) mass is 275 g/mol. The van der Waals surface area contributed by atoms with Crippen LogP contribution in [0, 0.1) is 0 Å². The minimum Gasteiger partial charge on any atom is -0.317 e. The lowest BCUT2D eigenvalue weighted by atomic mass is 10.2. The van der Waals surface area contributed by atoms with Crippen molar-refractivity contribution in [1.29, 1.82) is 0 Å². The van der Waals surface area contributed by atoms with Crippen LogP contribution in [0.25, 0.3) is 0 Å². The fourth-order valence-electron chi connectivity index (χ4n) is 1.43. The Morgan fingerprint density at radius 3 is 2.59 bits per heavy atom. The molecule has 0 aliphatic heterocycles. The standard InChI is InChI=1S/C12H18ClNO2S/c1-10(14-2)7-8-17(15,16)9-11-5-3-4-6-12(11)13/h3-6,10,14H,7-9H2,1-2H3. The fraction of sp³-hybridized carbons (Fsp3) is 0.500. The van der Waals surface area contributed by atoms with Gasteiger partial charge in [0.1, 0.15) is 0 Å². The zero-order chi connectivity index (χ0) is 12.9. The van der Waals surface area contributed by atoms with Crippen molar-refractivity contribution in [3.05, 3.63) is 34.9 Å². The minimum absolute atomic E-state index is 0.0170. The molecule has 0 bridgehead atoms. The molecular formula is C12H18ClNO2S. The summed E-state index contributed by atoms with van der Waals surface area (Å²) in [5.74, 6) is 0.198. The highest BCUT2D eigenvalue weighted by Crippen LogP contribution is 2.18. The van der Waals surface area contributed by atoms with E-state index in [0.717, 1.165) is 0 Å². The van der Waals surface area contributed by atoms with Crippen molar-refractivity contribution in [1.82, 2.24) is 5.32 Å². The summed E-state index contributed by atoms with van der Waals surface area (Å²) in [6, 6.07) is 7.26. The van der Waals surface area contributed by atoms with Crippen LogP contribution in [0.1, 0.15) is 18.9 Å². The predicted octanol–water partition coefficient (Wildman–Crippen LogP) is 2.25. The van der Waals surface area contributed by atoms with Crippen molar-refractivity contribution in [3.8, 4) is 0 Å². The van der Waals surface area contributed by atoms with Crippen LogP contribution < -0.4 is 5.32 Å². The Labute approximate surface area is 108 Å². The van der Waals surface area contributed by atoms with E-state index in [0.29, 0.717) is 17.0 Å². The number of hydrogen-bond acceptors (Lipinski definition) is 3. The van der Waals surface area contributed by atoms with Crippen LogP contribution in [0.2, 0.25) is 5.02 Å². The second-order valence-electron chi connectivity index (χ2n) is 4.16. The van der Waals surface area contributed by atoms with Gasteiger partial charge in [-0.05, 0) is 32.0 Å². The normalized spacial score (nSPS) is 13.6. The molecule has 3 nitrogen and oxygen atoms in total. The van der Waals surface area contributed by atoms with Gasteiger partial charge in [-0.3, -0.25) is 0 Å². The van der Waals surface area contributed by atoms with Gasteiger partial charge in [-0.2, -0.15) is 0 Å². The van der Waals surface area contributed by atoms with Gasteiger partial charge in [-0.1, -0.05) is 29.8 Å².